The Morgan fingerprint density at radius 2 is 1.59 bits per heavy atom. The number of amides is 3. The van der Waals surface area contributed by atoms with Crippen molar-refractivity contribution in [2.45, 2.75) is 13.8 Å². The van der Waals surface area contributed by atoms with E-state index in [2.05, 4.69) is 5.32 Å². The van der Waals surface area contributed by atoms with Gasteiger partial charge in [0.05, 0.1) is 18.1 Å². The van der Waals surface area contributed by atoms with Gasteiger partial charge in [-0.1, -0.05) is 24.3 Å². The van der Waals surface area contributed by atoms with Crippen molar-refractivity contribution in [1.29, 1.82) is 0 Å². The number of hydrogen-bond acceptors (Lipinski definition) is 8. The molecule has 9 nitrogen and oxygen atoms in total. The number of imide groups is 1. The third-order valence-electron chi connectivity index (χ3n) is 6.14. The Bertz CT molecular complexity index is 1520. The Morgan fingerprint density at radius 1 is 0.886 bits per heavy atom. The van der Waals surface area contributed by atoms with Crippen LogP contribution in [0.1, 0.15) is 25.0 Å². The fourth-order valence-corrected chi connectivity index (χ4v) is 4.93. The average molecular weight is 621 g/mol. The first-order valence-corrected chi connectivity index (χ1v) is 14.9. The minimum Gasteiger partial charge on any atom is -0.494 e. The van der Waals surface area contributed by atoms with E-state index in [9.17, 15) is 18.8 Å². The monoisotopic (exact) mass is 620 g/mol. The van der Waals surface area contributed by atoms with Crippen LogP contribution in [0.4, 0.5) is 9.18 Å². The van der Waals surface area contributed by atoms with Crippen LogP contribution in [0, 0.1) is 5.82 Å². The molecule has 0 spiro atoms. The second kappa shape index (κ2) is 16.2. The van der Waals surface area contributed by atoms with Crippen molar-refractivity contribution in [2.24, 2.45) is 0 Å². The summed E-state index contributed by atoms with van der Waals surface area (Å²) in [7, 11) is 0. The first-order chi connectivity index (χ1) is 21.4. The lowest BCUT2D eigenvalue weighted by Crippen LogP contribution is -2.36. The van der Waals surface area contributed by atoms with Gasteiger partial charge >= 0.3 is 0 Å². The van der Waals surface area contributed by atoms with Crippen molar-refractivity contribution in [2.75, 3.05) is 39.5 Å². The number of rotatable bonds is 15. The first kappa shape index (κ1) is 32.2. The van der Waals surface area contributed by atoms with Gasteiger partial charge in [0, 0.05) is 24.7 Å². The molecule has 0 radical (unpaired) electrons. The molecule has 3 aromatic carbocycles. The summed E-state index contributed by atoms with van der Waals surface area (Å²) in [6, 6.07) is 18.7. The van der Waals surface area contributed by atoms with Crippen molar-refractivity contribution in [1.82, 2.24) is 10.2 Å². The summed E-state index contributed by atoms with van der Waals surface area (Å²) in [6.45, 7) is 5.49. The van der Waals surface area contributed by atoms with Crippen LogP contribution >= 0.6 is 11.8 Å². The van der Waals surface area contributed by atoms with Crippen LogP contribution in [0.15, 0.2) is 77.7 Å². The van der Waals surface area contributed by atoms with Crippen LogP contribution < -0.4 is 24.3 Å². The maximum Gasteiger partial charge on any atom is 0.293 e. The largest absolute Gasteiger partial charge is 0.494 e. The van der Waals surface area contributed by atoms with Crippen LogP contribution in [-0.2, 0) is 9.59 Å². The van der Waals surface area contributed by atoms with Gasteiger partial charge in [0.2, 0.25) is 5.91 Å². The molecule has 0 aromatic heterocycles. The average Bonchev–Trinajstić information content (AvgIpc) is 3.28. The molecule has 3 aromatic rings. The summed E-state index contributed by atoms with van der Waals surface area (Å²) in [4.78, 5) is 38.5. The highest BCUT2D eigenvalue weighted by molar-refractivity contribution is 8.18. The molecule has 0 unspecified atom stereocenters. The van der Waals surface area contributed by atoms with Crippen molar-refractivity contribution in [3.05, 3.63) is 94.7 Å². The molecule has 1 N–H and O–H groups in total. The summed E-state index contributed by atoms with van der Waals surface area (Å²) in [5, 5.41) is 2.19. The molecule has 0 aliphatic carbocycles. The molecule has 1 heterocycles. The van der Waals surface area contributed by atoms with Crippen molar-refractivity contribution in [3.8, 4) is 23.0 Å². The fourth-order valence-electron chi connectivity index (χ4n) is 4.07. The number of halogens is 1. The SMILES string of the molecule is CCOc1ccc(OCCOc2ccc(/C=C/C(=O)NCCN3C(=O)S/C(=C\c4ccccc4F)C3=O)cc2OCC)cc1. The molecule has 230 valence electrons. The Balaban J connectivity index is 1.24. The quantitative estimate of drug-likeness (QED) is 0.164. The van der Waals surface area contributed by atoms with Gasteiger partial charge in [0.25, 0.3) is 11.1 Å². The molecular weight excluding hydrogens is 587 g/mol. The van der Waals surface area contributed by atoms with Gasteiger partial charge in [0.15, 0.2) is 11.5 Å². The molecule has 0 bridgehead atoms. The Morgan fingerprint density at radius 3 is 2.32 bits per heavy atom. The minimum atomic E-state index is -0.526. The number of nitrogens with zero attached hydrogens (tertiary/aromatic N) is 1. The van der Waals surface area contributed by atoms with Crippen LogP contribution in [0.5, 0.6) is 23.0 Å². The second-order valence-electron chi connectivity index (χ2n) is 9.22. The van der Waals surface area contributed by atoms with Gasteiger partial charge < -0.3 is 24.3 Å². The first-order valence-electron chi connectivity index (χ1n) is 14.1. The molecule has 1 aliphatic heterocycles. The van der Waals surface area contributed by atoms with E-state index in [1.54, 1.807) is 36.4 Å². The molecular formula is C33H33FN2O7S. The van der Waals surface area contributed by atoms with E-state index in [1.807, 2.05) is 38.1 Å². The summed E-state index contributed by atoms with van der Waals surface area (Å²) >= 11 is 0.737. The van der Waals surface area contributed by atoms with E-state index in [4.69, 9.17) is 18.9 Å². The van der Waals surface area contributed by atoms with E-state index in [-0.39, 0.29) is 23.6 Å². The molecule has 11 heteroatoms. The molecule has 4 rings (SSSR count). The predicted molar refractivity (Wildman–Crippen MR) is 167 cm³/mol. The zero-order valence-corrected chi connectivity index (χ0v) is 25.2. The molecule has 0 atom stereocenters. The Labute approximate surface area is 259 Å². The van der Waals surface area contributed by atoms with Gasteiger partial charge in [-0.15, -0.1) is 0 Å². The second-order valence-corrected chi connectivity index (χ2v) is 10.2. The van der Waals surface area contributed by atoms with Crippen LogP contribution in [0.3, 0.4) is 0 Å². The van der Waals surface area contributed by atoms with Gasteiger partial charge in [-0.3, -0.25) is 19.3 Å². The zero-order chi connectivity index (χ0) is 31.3. The third-order valence-corrected chi connectivity index (χ3v) is 7.05. The molecule has 1 fully saturated rings. The van der Waals surface area contributed by atoms with E-state index >= 15 is 0 Å². The van der Waals surface area contributed by atoms with Gasteiger partial charge in [0.1, 0.15) is 30.5 Å². The maximum atomic E-state index is 13.9. The number of benzene rings is 3. The summed E-state index contributed by atoms with van der Waals surface area (Å²) in [6.07, 6.45) is 4.32. The lowest BCUT2D eigenvalue weighted by Gasteiger charge is -2.13. The zero-order valence-electron chi connectivity index (χ0n) is 24.4. The smallest absolute Gasteiger partial charge is 0.293 e. The van der Waals surface area contributed by atoms with Crippen molar-refractivity contribution < 1.29 is 37.7 Å². The van der Waals surface area contributed by atoms with Gasteiger partial charge in [-0.25, -0.2) is 4.39 Å². The highest BCUT2D eigenvalue weighted by Gasteiger charge is 2.34. The maximum absolute atomic E-state index is 13.9. The lowest BCUT2D eigenvalue weighted by molar-refractivity contribution is -0.123. The van der Waals surface area contributed by atoms with E-state index < -0.39 is 22.9 Å². The van der Waals surface area contributed by atoms with Gasteiger partial charge in [-0.05, 0) is 85.8 Å². The Kier molecular flexibility index (Phi) is 11.8. The van der Waals surface area contributed by atoms with E-state index in [0.717, 1.165) is 22.4 Å². The summed E-state index contributed by atoms with van der Waals surface area (Å²) in [5.41, 5.74) is 0.934. The number of nitrogens with one attached hydrogen (secondary N) is 1. The van der Waals surface area contributed by atoms with E-state index in [0.29, 0.717) is 49.2 Å². The topological polar surface area (TPSA) is 103 Å². The number of thioether (sulfide) groups is 1. The fraction of sp³-hybridized carbons (Fsp3) is 0.242. The lowest BCUT2D eigenvalue weighted by atomic mass is 10.2. The Hall–Kier alpha value is -4.77. The number of carbonyl (C=O) groups excluding carboxylic acids is 3. The molecule has 0 saturated carbocycles. The normalized spacial score (nSPS) is 13.9. The highest BCUT2D eigenvalue weighted by atomic mass is 32.2. The predicted octanol–water partition coefficient (Wildman–Crippen LogP) is 5.95. The van der Waals surface area contributed by atoms with Gasteiger partial charge in [-0.2, -0.15) is 0 Å². The van der Waals surface area contributed by atoms with E-state index in [1.165, 1.54) is 24.3 Å². The van der Waals surface area contributed by atoms with Crippen molar-refractivity contribution in [3.63, 3.8) is 0 Å². The molecule has 3 amide bonds. The number of ether oxygens (including phenoxy) is 4. The molecule has 1 aliphatic rings. The number of hydrogen-bond donors (Lipinski definition) is 1. The van der Waals surface area contributed by atoms with Crippen LogP contribution in [0.2, 0.25) is 0 Å². The third kappa shape index (κ3) is 9.11. The summed E-state index contributed by atoms with van der Waals surface area (Å²) in [5.74, 6) is 1.15. The highest BCUT2D eigenvalue weighted by Crippen LogP contribution is 2.32. The summed E-state index contributed by atoms with van der Waals surface area (Å²) < 4.78 is 36.7. The molecule has 1 saturated heterocycles. The van der Waals surface area contributed by atoms with Crippen LogP contribution in [-0.4, -0.2) is 61.5 Å². The minimum absolute atomic E-state index is 0.0122. The standard InChI is InChI=1S/C33H33FN2O7S/c1-3-40-25-11-13-26(14-12-25)42-19-20-43-28-15-9-23(21-29(28)41-4-2)10-16-31(37)35-17-18-36-32(38)30(44-33(36)39)22-24-7-5-6-8-27(24)34/h5-16,21-22H,3-4,17-20H2,1-2H3,(H,35,37)/b16-10+,30-22-. The molecule has 44 heavy (non-hydrogen) atoms. The van der Waals surface area contributed by atoms with Crippen LogP contribution in [0.25, 0.3) is 12.2 Å². The van der Waals surface area contributed by atoms with Crippen molar-refractivity contribution >= 4 is 41.0 Å². The number of carbonyl (C=O) groups is 3.